The van der Waals surface area contributed by atoms with Crippen LogP contribution in [0.25, 0.3) is 0 Å². The first-order valence-electron chi connectivity index (χ1n) is 7.25. The highest BCUT2D eigenvalue weighted by molar-refractivity contribution is 5.58. The van der Waals surface area contributed by atoms with E-state index in [0.717, 1.165) is 44.6 Å². The summed E-state index contributed by atoms with van der Waals surface area (Å²) < 4.78 is 13.3. The van der Waals surface area contributed by atoms with Gasteiger partial charge in [0, 0.05) is 18.8 Å². The number of hydrogen-bond donors (Lipinski definition) is 1. The molecule has 0 saturated carbocycles. The third-order valence-corrected chi connectivity index (χ3v) is 4.12. The Morgan fingerprint density at radius 1 is 1.32 bits per heavy atom. The molecule has 2 N–H and O–H groups in total. The minimum Gasteiger partial charge on any atom is -0.371 e. The van der Waals surface area contributed by atoms with Gasteiger partial charge >= 0.3 is 0 Å². The first-order chi connectivity index (χ1) is 9.02. The van der Waals surface area contributed by atoms with Crippen molar-refractivity contribution in [2.75, 3.05) is 24.5 Å². The van der Waals surface area contributed by atoms with E-state index in [1.807, 2.05) is 6.07 Å². The van der Waals surface area contributed by atoms with Gasteiger partial charge in [-0.1, -0.05) is 26.3 Å². The van der Waals surface area contributed by atoms with Crippen LogP contribution in [0.5, 0.6) is 0 Å². The zero-order valence-electron chi connectivity index (χ0n) is 12.1. The van der Waals surface area contributed by atoms with Gasteiger partial charge in [0.05, 0.1) is 0 Å². The van der Waals surface area contributed by atoms with Crippen LogP contribution in [0.1, 0.15) is 38.7 Å². The molecule has 0 saturated heterocycles. The Balaban J connectivity index is 1.82. The molecule has 3 heteroatoms. The van der Waals surface area contributed by atoms with Crippen LogP contribution >= 0.6 is 0 Å². The van der Waals surface area contributed by atoms with E-state index < -0.39 is 0 Å². The van der Waals surface area contributed by atoms with Crippen LogP contribution < -0.4 is 10.6 Å². The topological polar surface area (TPSA) is 29.3 Å². The number of halogens is 1. The number of rotatable bonds is 6. The number of nitrogens with zero attached hydrogens (tertiary/aromatic N) is 1. The van der Waals surface area contributed by atoms with E-state index in [-0.39, 0.29) is 11.2 Å². The molecular weight excluding hydrogens is 239 g/mol. The number of hydrogen-bond acceptors (Lipinski definition) is 2. The summed E-state index contributed by atoms with van der Waals surface area (Å²) in [5, 5.41) is 0. The van der Waals surface area contributed by atoms with Crippen molar-refractivity contribution in [2.45, 2.75) is 39.5 Å². The quantitative estimate of drug-likeness (QED) is 0.798. The van der Waals surface area contributed by atoms with Gasteiger partial charge in [0.2, 0.25) is 0 Å². The summed E-state index contributed by atoms with van der Waals surface area (Å²) in [6, 6.07) is 5.15. The van der Waals surface area contributed by atoms with E-state index in [1.165, 1.54) is 12.0 Å². The summed E-state index contributed by atoms with van der Waals surface area (Å²) in [5.74, 6) is -0.130. The highest BCUT2D eigenvalue weighted by Gasteiger charge is 2.19. The highest BCUT2D eigenvalue weighted by atomic mass is 19.1. The lowest BCUT2D eigenvalue weighted by Crippen LogP contribution is -2.25. The number of fused-ring (bicyclic) bond motifs is 1. The lowest BCUT2D eigenvalue weighted by atomic mass is 9.87. The van der Waals surface area contributed by atoms with Crippen LogP contribution in [-0.4, -0.2) is 19.6 Å². The molecule has 1 aliphatic rings. The molecule has 19 heavy (non-hydrogen) atoms. The first-order valence-corrected chi connectivity index (χ1v) is 7.25. The van der Waals surface area contributed by atoms with Crippen LogP contribution in [-0.2, 0) is 6.42 Å². The van der Waals surface area contributed by atoms with Crippen LogP contribution in [0.4, 0.5) is 10.1 Å². The summed E-state index contributed by atoms with van der Waals surface area (Å²) >= 11 is 0. The molecule has 0 bridgehead atoms. The van der Waals surface area contributed by atoms with Crippen molar-refractivity contribution in [1.29, 1.82) is 0 Å². The number of anilines is 1. The molecule has 106 valence electrons. The summed E-state index contributed by atoms with van der Waals surface area (Å²) in [7, 11) is 0. The molecular formula is C16H25FN2. The first kappa shape index (κ1) is 14.3. The molecule has 1 aromatic rings. The molecule has 1 heterocycles. The highest BCUT2D eigenvalue weighted by Crippen LogP contribution is 2.29. The SMILES string of the molecule is CC(C)(CN)CCCCN1CCc2ccc(F)cc21. The minimum absolute atomic E-state index is 0.130. The molecule has 0 amide bonds. The maximum Gasteiger partial charge on any atom is 0.125 e. The molecule has 1 aliphatic heterocycles. The van der Waals surface area contributed by atoms with Crippen molar-refractivity contribution in [2.24, 2.45) is 11.1 Å². The van der Waals surface area contributed by atoms with E-state index in [1.54, 1.807) is 12.1 Å². The number of nitrogens with two attached hydrogens (primary N) is 1. The lowest BCUT2D eigenvalue weighted by Gasteiger charge is -2.24. The van der Waals surface area contributed by atoms with Gasteiger partial charge < -0.3 is 10.6 Å². The molecule has 0 fully saturated rings. The summed E-state index contributed by atoms with van der Waals surface area (Å²) in [4.78, 5) is 2.31. The predicted octanol–water partition coefficient (Wildman–Crippen LogP) is 3.34. The number of unbranched alkanes of at least 4 members (excludes halogenated alkanes) is 1. The molecule has 0 radical (unpaired) electrons. The Kier molecular flexibility index (Phi) is 4.46. The van der Waals surface area contributed by atoms with Crippen LogP contribution in [0, 0.1) is 11.2 Å². The fraction of sp³-hybridized carbons (Fsp3) is 0.625. The second-order valence-corrected chi connectivity index (χ2v) is 6.34. The normalized spacial score (nSPS) is 14.8. The molecule has 0 atom stereocenters. The van der Waals surface area contributed by atoms with Gasteiger partial charge in [-0.3, -0.25) is 0 Å². The Bertz CT molecular complexity index is 429. The fourth-order valence-electron chi connectivity index (χ4n) is 2.66. The third kappa shape index (κ3) is 3.69. The van der Waals surface area contributed by atoms with Crippen molar-refractivity contribution < 1.29 is 4.39 Å². The Labute approximate surface area is 115 Å². The molecule has 2 nitrogen and oxygen atoms in total. The van der Waals surface area contributed by atoms with E-state index in [4.69, 9.17) is 5.73 Å². The van der Waals surface area contributed by atoms with Gasteiger partial charge in [0.15, 0.2) is 0 Å². The van der Waals surface area contributed by atoms with Gasteiger partial charge in [-0.25, -0.2) is 4.39 Å². The van der Waals surface area contributed by atoms with Crippen LogP contribution in [0.15, 0.2) is 18.2 Å². The lowest BCUT2D eigenvalue weighted by molar-refractivity contribution is 0.333. The Hall–Kier alpha value is -1.09. The molecule has 2 rings (SSSR count). The molecule has 0 unspecified atom stereocenters. The van der Waals surface area contributed by atoms with Gasteiger partial charge in [-0.15, -0.1) is 0 Å². The summed E-state index contributed by atoms with van der Waals surface area (Å²) in [6.45, 7) is 7.22. The molecule has 0 spiro atoms. The van der Waals surface area contributed by atoms with Crippen molar-refractivity contribution in [3.05, 3.63) is 29.6 Å². The van der Waals surface area contributed by atoms with Gasteiger partial charge in [0.1, 0.15) is 5.82 Å². The average Bonchev–Trinajstić information content (AvgIpc) is 2.77. The smallest absolute Gasteiger partial charge is 0.125 e. The molecule has 0 aromatic heterocycles. The van der Waals surface area contributed by atoms with Gasteiger partial charge in [-0.2, -0.15) is 0 Å². The maximum absolute atomic E-state index is 13.3. The summed E-state index contributed by atoms with van der Waals surface area (Å²) in [6.07, 6.45) is 4.54. The van der Waals surface area contributed by atoms with E-state index in [0.29, 0.717) is 0 Å². The molecule has 0 aliphatic carbocycles. The predicted molar refractivity (Wildman–Crippen MR) is 79.0 cm³/mol. The van der Waals surface area contributed by atoms with Gasteiger partial charge in [0.25, 0.3) is 0 Å². The monoisotopic (exact) mass is 264 g/mol. The Morgan fingerprint density at radius 2 is 2.11 bits per heavy atom. The third-order valence-electron chi connectivity index (χ3n) is 4.12. The molecule has 1 aromatic carbocycles. The van der Waals surface area contributed by atoms with Crippen LogP contribution in [0.3, 0.4) is 0 Å². The number of benzene rings is 1. The van der Waals surface area contributed by atoms with E-state index in [2.05, 4.69) is 18.7 Å². The second-order valence-electron chi connectivity index (χ2n) is 6.34. The summed E-state index contributed by atoms with van der Waals surface area (Å²) in [5.41, 5.74) is 8.36. The van der Waals surface area contributed by atoms with Crippen molar-refractivity contribution in [3.8, 4) is 0 Å². The van der Waals surface area contributed by atoms with Gasteiger partial charge in [-0.05, 0) is 48.9 Å². The second kappa shape index (κ2) is 5.91. The van der Waals surface area contributed by atoms with Crippen molar-refractivity contribution >= 4 is 5.69 Å². The van der Waals surface area contributed by atoms with Crippen molar-refractivity contribution in [3.63, 3.8) is 0 Å². The minimum atomic E-state index is -0.130. The Morgan fingerprint density at radius 3 is 2.84 bits per heavy atom. The fourth-order valence-corrected chi connectivity index (χ4v) is 2.66. The van der Waals surface area contributed by atoms with E-state index in [9.17, 15) is 4.39 Å². The standard InChI is InChI=1S/C16H25FN2/c1-16(2,12-18)8-3-4-9-19-10-7-13-5-6-14(17)11-15(13)19/h5-6,11H,3-4,7-10,12,18H2,1-2H3. The zero-order chi connectivity index (χ0) is 13.9. The average molecular weight is 264 g/mol. The zero-order valence-corrected chi connectivity index (χ0v) is 12.1. The maximum atomic E-state index is 13.3. The largest absolute Gasteiger partial charge is 0.371 e. The van der Waals surface area contributed by atoms with E-state index >= 15 is 0 Å². The van der Waals surface area contributed by atoms with Crippen molar-refractivity contribution in [1.82, 2.24) is 0 Å². The van der Waals surface area contributed by atoms with Crippen LogP contribution in [0.2, 0.25) is 0 Å².